The molecule has 0 N–H and O–H groups in total. The molecule has 0 amide bonds. The number of benzene rings is 2. The van der Waals surface area contributed by atoms with Gasteiger partial charge in [-0.3, -0.25) is 14.8 Å². The first-order valence-electron chi connectivity index (χ1n) is 12.4. The van der Waals surface area contributed by atoms with Gasteiger partial charge in [-0.15, -0.1) is 0 Å². The first-order chi connectivity index (χ1) is 18.5. The molecule has 0 aliphatic carbocycles. The minimum atomic E-state index is -0.555. The summed E-state index contributed by atoms with van der Waals surface area (Å²) in [7, 11) is 0. The van der Waals surface area contributed by atoms with Crippen LogP contribution in [0.15, 0.2) is 79.1 Å². The number of hydrogen-bond donors (Lipinski definition) is 0. The second kappa shape index (κ2) is 13.2. The van der Waals surface area contributed by atoms with E-state index in [1.54, 1.807) is 24.5 Å². The molecule has 0 fully saturated rings. The Hall–Kier alpha value is -4.47. The van der Waals surface area contributed by atoms with Gasteiger partial charge in [0.25, 0.3) is 5.24 Å². The molecule has 4 aromatic heterocycles. The number of hydrogen-bond acceptors (Lipinski definition) is 6. The monoisotopic (exact) mass is 521 g/mol. The molecule has 0 unspecified atom stereocenters. The molecule has 0 saturated heterocycles. The highest BCUT2D eigenvalue weighted by molar-refractivity contribution is 6.67. The van der Waals surface area contributed by atoms with Gasteiger partial charge in [-0.1, -0.05) is 64.1 Å². The van der Waals surface area contributed by atoms with Crippen LogP contribution in [0.3, 0.4) is 0 Å². The number of carbonyl (C=O) groups excluding carboxylic acids is 1. The lowest BCUT2D eigenvalue weighted by atomic mass is 10.1. The highest BCUT2D eigenvalue weighted by atomic mass is 35.5. The Labute approximate surface area is 227 Å². The quantitative estimate of drug-likeness (QED) is 0.160. The summed E-state index contributed by atoms with van der Waals surface area (Å²) in [6, 6.07) is 23.0. The van der Waals surface area contributed by atoms with E-state index in [-0.39, 0.29) is 5.69 Å². The summed E-state index contributed by atoms with van der Waals surface area (Å²) in [5, 5.41) is 12.3. The van der Waals surface area contributed by atoms with Crippen LogP contribution in [0.4, 0.5) is 0 Å². The summed E-state index contributed by atoms with van der Waals surface area (Å²) >= 11 is 5.46. The second-order valence-corrected chi connectivity index (χ2v) is 8.06. The number of nitriles is 1. The summed E-state index contributed by atoms with van der Waals surface area (Å²) in [4.78, 5) is 28.5. The Morgan fingerprint density at radius 2 is 1.29 bits per heavy atom. The average Bonchev–Trinajstić information content (AvgIpc) is 2.98. The fraction of sp³-hybridized carbons (Fsp3) is 0.161. The van der Waals surface area contributed by atoms with Crippen molar-refractivity contribution in [3.05, 3.63) is 96.1 Å². The fourth-order valence-electron chi connectivity index (χ4n) is 3.79. The molecule has 6 rings (SSSR count). The Bertz CT molecular complexity index is 1780. The van der Waals surface area contributed by atoms with Crippen molar-refractivity contribution in [2.45, 2.75) is 34.6 Å². The molecular weight excluding hydrogens is 494 g/mol. The van der Waals surface area contributed by atoms with Gasteiger partial charge < -0.3 is 0 Å². The van der Waals surface area contributed by atoms with Gasteiger partial charge in [0.15, 0.2) is 0 Å². The van der Waals surface area contributed by atoms with E-state index >= 15 is 0 Å². The lowest BCUT2D eigenvalue weighted by Crippen LogP contribution is -1.95. The fourth-order valence-corrected chi connectivity index (χ4v) is 3.89. The van der Waals surface area contributed by atoms with E-state index in [4.69, 9.17) is 16.9 Å². The molecule has 2 aromatic carbocycles. The zero-order valence-corrected chi connectivity index (χ0v) is 22.8. The Morgan fingerprint density at radius 3 is 1.95 bits per heavy atom. The van der Waals surface area contributed by atoms with Crippen molar-refractivity contribution in [2.75, 3.05) is 0 Å². The predicted octanol–water partition coefficient (Wildman–Crippen LogP) is 8.18. The first kappa shape index (κ1) is 28.1. The molecule has 0 aliphatic rings. The molecule has 38 heavy (non-hydrogen) atoms. The number of halogens is 1. The van der Waals surface area contributed by atoms with Crippen LogP contribution >= 0.6 is 11.6 Å². The van der Waals surface area contributed by atoms with Gasteiger partial charge >= 0.3 is 0 Å². The first-order valence-corrected chi connectivity index (χ1v) is 12.8. The molecule has 6 aromatic rings. The third-order valence-electron chi connectivity index (χ3n) is 5.40. The molecule has 4 heterocycles. The maximum Gasteiger partial charge on any atom is 0.270 e. The summed E-state index contributed by atoms with van der Waals surface area (Å²) in [5.74, 6) is 0. The minimum absolute atomic E-state index is 0.249. The maximum absolute atomic E-state index is 11.2. The van der Waals surface area contributed by atoms with Crippen molar-refractivity contribution in [3.63, 3.8) is 0 Å². The standard InChI is InChI=1S/C14H9ClN2O.C13H7N3.2C2H6/c1-8-6-10-3-2-9-4-5-11(14(15)18)17-13(9)12(10)16-7-8;14-8-11-6-5-10-4-3-9-2-1-7-15-12(9)13(10)16-11;2*1-2/h2-7H,1H3;1-7H;2*1-2H3. The van der Waals surface area contributed by atoms with Crippen molar-refractivity contribution in [1.29, 1.82) is 5.26 Å². The molecule has 0 bridgehead atoms. The van der Waals surface area contributed by atoms with Crippen LogP contribution < -0.4 is 0 Å². The topological polar surface area (TPSA) is 92.4 Å². The summed E-state index contributed by atoms with van der Waals surface area (Å²) < 4.78 is 0. The lowest BCUT2D eigenvalue weighted by molar-refractivity contribution is 0.107. The van der Waals surface area contributed by atoms with Crippen LogP contribution in [-0.4, -0.2) is 25.2 Å². The van der Waals surface area contributed by atoms with E-state index in [0.29, 0.717) is 11.2 Å². The van der Waals surface area contributed by atoms with Gasteiger partial charge in [0, 0.05) is 33.9 Å². The van der Waals surface area contributed by atoms with Crippen molar-refractivity contribution < 1.29 is 4.79 Å². The van der Waals surface area contributed by atoms with Gasteiger partial charge in [0.2, 0.25) is 0 Å². The van der Waals surface area contributed by atoms with Crippen LogP contribution in [0.1, 0.15) is 49.4 Å². The number of pyridine rings is 4. The van der Waals surface area contributed by atoms with Crippen molar-refractivity contribution in [2.24, 2.45) is 0 Å². The molecule has 0 aliphatic heterocycles. The average molecular weight is 522 g/mol. The van der Waals surface area contributed by atoms with Crippen molar-refractivity contribution in [1.82, 2.24) is 19.9 Å². The maximum atomic E-state index is 11.2. The van der Waals surface area contributed by atoms with Crippen LogP contribution in [0.2, 0.25) is 0 Å². The SMILES string of the molecule is CC.CC.Cc1cnc2c(ccc3ccc(C(=O)Cl)nc32)c1.N#Cc1ccc2ccc3cccnc3c2n1. The number of nitrogens with zero attached hydrogens (tertiary/aromatic N) is 5. The third-order valence-corrected chi connectivity index (χ3v) is 5.59. The van der Waals surface area contributed by atoms with Gasteiger partial charge in [-0.2, -0.15) is 5.26 Å². The van der Waals surface area contributed by atoms with Gasteiger partial charge in [-0.25, -0.2) is 9.97 Å². The smallest absolute Gasteiger partial charge is 0.270 e. The Balaban J connectivity index is 0.000000187. The lowest BCUT2D eigenvalue weighted by Gasteiger charge is -2.04. The molecule has 0 saturated carbocycles. The second-order valence-electron chi connectivity index (χ2n) is 7.71. The zero-order chi connectivity index (χ0) is 27.7. The molecule has 0 spiro atoms. The van der Waals surface area contributed by atoms with E-state index in [2.05, 4.69) is 19.9 Å². The Kier molecular flexibility index (Phi) is 9.75. The Morgan fingerprint density at radius 1 is 0.737 bits per heavy atom. The molecule has 190 valence electrons. The molecular formula is C31H28ClN5O. The number of aryl methyl sites for hydroxylation is 1. The van der Waals surface area contributed by atoms with Crippen LogP contribution in [-0.2, 0) is 0 Å². The van der Waals surface area contributed by atoms with Gasteiger partial charge in [0.1, 0.15) is 17.5 Å². The van der Waals surface area contributed by atoms with E-state index in [9.17, 15) is 4.79 Å². The number of rotatable bonds is 1. The molecule has 6 nitrogen and oxygen atoms in total. The van der Waals surface area contributed by atoms with E-state index < -0.39 is 5.24 Å². The summed E-state index contributed by atoms with van der Waals surface area (Å²) in [6.07, 6.45) is 3.53. The summed E-state index contributed by atoms with van der Waals surface area (Å²) in [6.45, 7) is 9.99. The van der Waals surface area contributed by atoms with Crippen LogP contribution in [0.25, 0.3) is 43.6 Å². The van der Waals surface area contributed by atoms with Crippen molar-refractivity contribution in [3.8, 4) is 6.07 Å². The third kappa shape index (κ3) is 6.08. The van der Waals surface area contributed by atoms with E-state index in [0.717, 1.165) is 43.7 Å². The van der Waals surface area contributed by atoms with Gasteiger partial charge in [0.05, 0.1) is 22.1 Å². The zero-order valence-electron chi connectivity index (χ0n) is 22.0. The van der Waals surface area contributed by atoms with Crippen molar-refractivity contribution >= 4 is 60.5 Å². The minimum Gasteiger partial charge on any atom is -0.274 e. The molecule has 0 atom stereocenters. The molecule has 0 radical (unpaired) electrons. The predicted molar refractivity (Wildman–Crippen MR) is 156 cm³/mol. The highest BCUT2D eigenvalue weighted by Crippen LogP contribution is 2.24. The normalized spacial score (nSPS) is 9.92. The van der Waals surface area contributed by atoms with Crippen LogP contribution in [0, 0.1) is 18.3 Å². The number of aromatic nitrogens is 4. The van der Waals surface area contributed by atoms with Crippen LogP contribution in [0.5, 0.6) is 0 Å². The van der Waals surface area contributed by atoms with E-state index in [1.807, 2.05) is 95.3 Å². The van der Waals surface area contributed by atoms with E-state index in [1.165, 1.54) is 0 Å². The number of fused-ring (bicyclic) bond motifs is 6. The largest absolute Gasteiger partial charge is 0.274 e. The summed E-state index contributed by atoms with van der Waals surface area (Å²) in [5.41, 5.74) is 4.89. The number of carbonyl (C=O) groups is 1. The highest BCUT2D eigenvalue weighted by Gasteiger charge is 2.08. The van der Waals surface area contributed by atoms with Gasteiger partial charge in [-0.05, 0) is 54.4 Å². The molecule has 7 heteroatoms.